The predicted octanol–water partition coefficient (Wildman–Crippen LogP) is 3.28. The van der Waals surface area contributed by atoms with E-state index in [2.05, 4.69) is 15.9 Å². The van der Waals surface area contributed by atoms with Gasteiger partial charge in [0.05, 0.1) is 16.6 Å². The van der Waals surface area contributed by atoms with Crippen molar-refractivity contribution in [3.63, 3.8) is 0 Å². The third kappa shape index (κ3) is 2.58. The second-order valence-corrected chi connectivity index (χ2v) is 5.67. The zero-order chi connectivity index (χ0) is 13.3. The lowest BCUT2D eigenvalue weighted by atomic mass is 9.90. The van der Waals surface area contributed by atoms with Crippen molar-refractivity contribution >= 4 is 15.9 Å². The first-order valence-electron chi connectivity index (χ1n) is 6.09. The summed E-state index contributed by atoms with van der Waals surface area (Å²) in [6.45, 7) is 0. The quantitative estimate of drug-likeness (QED) is 0.840. The van der Waals surface area contributed by atoms with Crippen LogP contribution in [-0.4, -0.2) is 11.2 Å². The first-order valence-corrected chi connectivity index (χ1v) is 6.88. The lowest BCUT2D eigenvalue weighted by Gasteiger charge is -2.25. The molecule has 100 valence electrons. The molecule has 1 aliphatic rings. The largest absolute Gasteiger partial charge is 0.391 e. The Hall–Kier alpha value is -0.520. The number of halogens is 3. The highest BCUT2D eigenvalue weighted by molar-refractivity contribution is 9.10. The summed E-state index contributed by atoms with van der Waals surface area (Å²) in [5.41, 5.74) is 5.61. The van der Waals surface area contributed by atoms with E-state index in [1.807, 2.05) is 0 Å². The van der Waals surface area contributed by atoms with Gasteiger partial charge < -0.3 is 10.8 Å². The van der Waals surface area contributed by atoms with Crippen molar-refractivity contribution in [1.82, 2.24) is 0 Å². The molecule has 1 aromatic carbocycles. The molecule has 0 amide bonds. The number of aliphatic hydroxyl groups is 1. The highest BCUT2D eigenvalue weighted by atomic mass is 79.9. The van der Waals surface area contributed by atoms with Gasteiger partial charge in [-0.1, -0.05) is 12.8 Å². The second-order valence-electron chi connectivity index (χ2n) is 4.82. The van der Waals surface area contributed by atoms with Crippen LogP contribution < -0.4 is 5.73 Å². The van der Waals surface area contributed by atoms with Crippen molar-refractivity contribution in [1.29, 1.82) is 0 Å². The monoisotopic (exact) mass is 319 g/mol. The van der Waals surface area contributed by atoms with Gasteiger partial charge in [0.25, 0.3) is 0 Å². The van der Waals surface area contributed by atoms with E-state index in [1.165, 1.54) is 6.07 Å². The summed E-state index contributed by atoms with van der Waals surface area (Å²) in [4.78, 5) is 0. The molecule has 0 aromatic heterocycles. The Morgan fingerprint density at radius 1 is 1.28 bits per heavy atom. The number of aliphatic hydroxyl groups excluding tert-OH is 1. The second kappa shape index (κ2) is 5.63. The van der Waals surface area contributed by atoms with E-state index in [4.69, 9.17) is 5.73 Å². The normalized spacial score (nSPS) is 20.1. The van der Waals surface area contributed by atoms with Gasteiger partial charge in [-0.3, -0.25) is 0 Å². The molecule has 0 aliphatic heterocycles. The maximum atomic E-state index is 13.9. The number of benzene rings is 1. The molecular weight excluding hydrogens is 304 g/mol. The average molecular weight is 320 g/mol. The standard InChI is InChI=1S/C13H16BrF2NO/c14-8-5-6-9(15)10(11(8)16)12(17)13(18)7-3-1-2-4-7/h5-7,12-13,18H,1-4,17H2/t12-,13+/m1/s1. The Morgan fingerprint density at radius 3 is 2.50 bits per heavy atom. The van der Waals surface area contributed by atoms with E-state index in [9.17, 15) is 13.9 Å². The predicted molar refractivity (Wildman–Crippen MR) is 69.0 cm³/mol. The van der Waals surface area contributed by atoms with Gasteiger partial charge in [-0.25, -0.2) is 8.78 Å². The summed E-state index contributed by atoms with van der Waals surface area (Å²) in [5.74, 6) is -1.39. The highest BCUT2D eigenvalue weighted by Crippen LogP contribution is 2.35. The molecule has 1 saturated carbocycles. The van der Waals surface area contributed by atoms with Crippen LogP contribution in [0.4, 0.5) is 8.78 Å². The number of hydrogen-bond donors (Lipinski definition) is 2. The van der Waals surface area contributed by atoms with E-state index in [1.54, 1.807) is 0 Å². The summed E-state index contributed by atoms with van der Waals surface area (Å²) in [6, 6.07) is 1.43. The molecule has 3 N–H and O–H groups in total. The molecule has 1 aromatic rings. The Balaban J connectivity index is 2.27. The van der Waals surface area contributed by atoms with Crippen LogP contribution in [-0.2, 0) is 0 Å². The van der Waals surface area contributed by atoms with Gasteiger partial charge in [0.1, 0.15) is 11.6 Å². The Kier molecular flexibility index (Phi) is 4.35. The minimum Gasteiger partial charge on any atom is -0.391 e. The van der Waals surface area contributed by atoms with E-state index in [-0.39, 0.29) is 16.0 Å². The first-order chi connectivity index (χ1) is 8.52. The van der Waals surface area contributed by atoms with Crippen molar-refractivity contribution in [3.8, 4) is 0 Å². The van der Waals surface area contributed by atoms with E-state index >= 15 is 0 Å². The van der Waals surface area contributed by atoms with Gasteiger partial charge in [-0.15, -0.1) is 0 Å². The van der Waals surface area contributed by atoms with Crippen LogP contribution in [0.25, 0.3) is 0 Å². The lowest BCUT2D eigenvalue weighted by Crippen LogP contribution is -2.33. The maximum Gasteiger partial charge on any atom is 0.145 e. The zero-order valence-electron chi connectivity index (χ0n) is 9.87. The highest BCUT2D eigenvalue weighted by Gasteiger charge is 2.32. The van der Waals surface area contributed by atoms with Crippen LogP contribution in [0.5, 0.6) is 0 Å². The number of hydrogen-bond acceptors (Lipinski definition) is 2. The zero-order valence-corrected chi connectivity index (χ0v) is 11.5. The molecule has 1 aliphatic carbocycles. The van der Waals surface area contributed by atoms with Crippen molar-refractivity contribution in [2.45, 2.75) is 37.8 Å². The first kappa shape index (κ1) is 13.9. The van der Waals surface area contributed by atoms with Crippen LogP contribution in [0, 0.1) is 17.6 Å². The third-order valence-corrected chi connectivity index (χ3v) is 4.28. The summed E-state index contributed by atoms with van der Waals surface area (Å²) in [6.07, 6.45) is 2.92. The molecule has 5 heteroatoms. The van der Waals surface area contributed by atoms with Gasteiger partial charge in [-0.05, 0) is 46.8 Å². The molecule has 0 radical (unpaired) electrons. The minimum absolute atomic E-state index is 0.0396. The Labute approximate surface area is 113 Å². The van der Waals surface area contributed by atoms with Crippen LogP contribution in [0.15, 0.2) is 16.6 Å². The van der Waals surface area contributed by atoms with Crippen molar-refractivity contribution in [2.75, 3.05) is 0 Å². The average Bonchev–Trinajstić information content (AvgIpc) is 2.87. The van der Waals surface area contributed by atoms with Gasteiger partial charge in [0, 0.05) is 5.56 Å². The van der Waals surface area contributed by atoms with Crippen molar-refractivity contribution in [2.24, 2.45) is 11.7 Å². The van der Waals surface area contributed by atoms with Crippen molar-refractivity contribution in [3.05, 3.63) is 33.8 Å². The van der Waals surface area contributed by atoms with Crippen LogP contribution in [0.1, 0.15) is 37.3 Å². The SMILES string of the molecule is N[C@H](c1c(F)ccc(Br)c1F)[C@@H](O)C1CCCC1. The van der Waals surface area contributed by atoms with E-state index < -0.39 is 23.8 Å². The third-order valence-electron chi connectivity index (χ3n) is 3.66. The minimum atomic E-state index is -1.02. The molecule has 2 nitrogen and oxygen atoms in total. The number of rotatable bonds is 3. The van der Waals surface area contributed by atoms with E-state index in [0.717, 1.165) is 31.7 Å². The molecule has 2 atom stereocenters. The molecule has 2 rings (SSSR count). The van der Waals surface area contributed by atoms with E-state index in [0.29, 0.717) is 0 Å². The van der Waals surface area contributed by atoms with Gasteiger partial charge in [0.2, 0.25) is 0 Å². The topological polar surface area (TPSA) is 46.2 Å². The van der Waals surface area contributed by atoms with Gasteiger partial charge in [-0.2, -0.15) is 0 Å². The Bertz CT molecular complexity index is 435. The molecule has 18 heavy (non-hydrogen) atoms. The summed E-state index contributed by atoms with van der Waals surface area (Å²) in [5, 5.41) is 10.1. The summed E-state index contributed by atoms with van der Waals surface area (Å²) >= 11 is 3.00. The number of nitrogens with two attached hydrogens (primary N) is 1. The van der Waals surface area contributed by atoms with Crippen LogP contribution in [0.2, 0.25) is 0 Å². The Morgan fingerprint density at radius 2 is 1.89 bits per heavy atom. The molecule has 0 unspecified atom stereocenters. The maximum absolute atomic E-state index is 13.9. The van der Waals surface area contributed by atoms with Gasteiger partial charge >= 0.3 is 0 Å². The van der Waals surface area contributed by atoms with Crippen LogP contribution in [0.3, 0.4) is 0 Å². The van der Waals surface area contributed by atoms with Crippen LogP contribution >= 0.6 is 15.9 Å². The molecule has 1 fully saturated rings. The fourth-order valence-corrected chi connectivity index (χ4v) is 2.96. The fraction of sp³-hybridized carbons (Fsp3) is 0.538. The molecule has 0 saturated heterocycles. The summed E-state index contributed by atoms with van der Waals surface area (Å²) in [7, 11) is 0. The van der Waals surface area contributed by atoms with Crippen molar-refractivity contribution < 1.29 is 13.9 Å². The fourth-order valence-electron chi connectivity index (χ4n) is 2.61. The lowest BCUT2D eigenvalue weighted by molar-refractivity contribution is 0.0819. The molecule has 0 bridgehead atoms. The molecule has 0 heterocycles. The molecular formula is C13H16BrF2NO. The smallest absolute Gasteiger partial charge is 0.145 e. The van der Waals surface area contributed by atoms with Gasteiger partial charge in [0.15, 0.2) is 0 Å². The molecule has 0 spiro atoms. The summed E-state index contributed by atoms with van der Waals surface area (Å²) < 4.78 is 27.7.